The highest BCUT2D eigenvalue weighted by atomic mass is 16.5. The number of methoxy groups -OCH3 is 1. The van der Waals surface area contributed by atoms with Gasteiger partial charge < -0.3 is 15.8 Å². The number of unbranched alkanes of at least 4 members (excludes halogenated alkanes) is 7. The zero-order chi connectivity index (χ0) is 22.5. The molecule has 0 aliphatic rings. The molecule has 0 spiro atoms. The maximum atomic E-state index is 12.4. The lowest BCUT2D eigenvalue weighted by molar-refractivity contribution is -0.684. The van der Waals surface area contributed by atoms with Gasteiger partial charge in [0.05, 0.1) is 12.7 Å². The van der Waals surface area contributed by atoms with E-state index in [4.69, 9.17) is 10.5 Å². The Hall–Kier alpha value is -2.89. The summed E-state index contributed by atoms with van der Waals surface area (Å²) in [5.74, 6) is 0.0696. The number of pyridine rings is 1. The molecule has 2 aromatic rings. The third-order valence-corrected chi connectivity index (χ3v) is 5.30. The van der Waals surface area contributed by atoms with Gasteiger partial charge in [0, 0.05) is 12.1 Å². The number of primary amides is 1. The maximum Gasteiger partial charge on any atom is 0.285 e. The first kappa shape index (κ1) is 24.4. The summed E-state index contributed by atoms with van der Waals surface area (Å²) < 4.78 is 7.13. The van der Waals surface area contributed by atoms with Crippen LogP contribution in [0.25, 0.3) is 11.1 Å². The predicted octanol–water partition coefficient (Wildman–Crippen LogP) is 4.01. The Balaban J connectivity index is 1.91. The summed E-state index contributed by atoms with van der Waals surface area (Å²) in [6.45, 7) is 3.02. The first-order chi connectivity index (χ1) is 15.0. The van der Waals surface area contributed by atoms with Gasteiger partial charge in [-0.25, -0.2) is 0 Å². The van der Waals surface area contributed by atoms with Crippen molar-refractivity contribution in [1.82, 2.24) is 5.32 Å². The molecular weight excluding hydrogens is 390 g/mol. The number of hydrogen-bond acceptors (Lipinski definition) is 3. The molecule has 2 amide bonds. The van der Waals surface area contributed by atoms with E-state index in [-0.39, 0.29) is 12.5 Å². The highest BCUT2D eigenvalue weighted by Crippen LogP contribution is 2.29. The van der Waals surface area contributed by atoms with E-state index in [0.29, 0.717) is 17.9 Å². The second-order valence-electron chi connectivity index (χ2n) is 7.87. The van der Waals surface area contributed by atoms with E-state index in [1.807, 2.05) is 30.5 Å². The number of carbonyl (C=O) groups is 2. The van der Waals surface area contributed by atoms with E-state index in [0.717, 1.165) is 24.0 Å². The molecule has 0 saturated carbocycles. The third kappa shape index (κ3) is 8.40. The molecule has 0 aliphatic carbocycles. The van der Waals surface area contributed by atoms with Gasteiger partial charge in [0.2, 0.25) is 6.54 Å². The van der Waals surface area contributed by atoms with Crippen molar-refractivity contribution in [3.63, 3.8) is 0 Å². The van der Waals surface area contributed by atoms with Gasteiger partial charge >= 0.3 is 0 Å². The van der Waals surface area contributed by atoms with Crippen molar-refractivity contribution in [3.05, 3.63) is 48.3 Å². The van der Waals surface area contributed by atoms with Crippen molar-refractivity contribution in [3.8, 4) is 16.9 Å². The Morgan fingerprint density at radius 3 is 2.35 bits per heavy atom. The van der Waals surface area contributed by atoms with Crippen LogP contribution in [0.5, 0.6) is 5.75 Å². The Bertz CT molecular complexity index is 852. The molecule has 6 nitrogen and oxygen atoms in total. The fourth-order valence-corrected chi connectivity index (χ4v) is 3.60. The molecule has 0 bridgehead atoms. The van der Waals surface area contributed by atoms with Crippen LogP contribution < -0.4 is 20.4 Å². The lowest BCUT2D eigenvalue weighted by atomic mass is 10.0. The van der Waals surface area contributed by atoms with Gasteiger partial charge in [0.25, 0.3) is 11.8 Å². The summed E-state index contributed by atoms with van der Waals surface area (Å²) in [4.78, 5) is 24.2. The zero-order valence-electron chi connectivity index (χ0n) is 18.9. The third-order valence-electron chi connectivity index (χ3n) is 5.30. The first-order valence-corrected chi connectivity index (χ1v) is 11.3. The second kappa shape index (κ2) is 13.4. The van der Waals surface area contributed by atoms with Crippen LogP contribution in [0.2, 0.25) is 0 Å². The minimum Gasteiger partial charge on any atom is -0.496 e. The van der Waals surface area contributed by atoms with E-state index in [1.54, 1.807) is 23.9 Å². The number of ether oxygens (including phenoxy) is 1. The number of amides is 2. The van der Waals surface area contributed by atoms with Gasteiger partial charge in [-0.15, -0.1) is 0 Å². The van der Waals surface area contributed by atoms with Crippen LogP contribution in [0.3, 0.4) is 0 Å². The molecule has 0 atom stereocenters. The van der Waals surface area contributed by atoms with Gasteiger partial charge in [0.1, 0.15) is 11.3 Å². The van der Waals surface area contributed by atoms with Crippen LogP contribution in [0.15, 0.2) is 42.7 Å². The Kier molecular flexibility index (Phi) is 10.6. The second-order valence-corrected chi connectivity index (χ2v) is 7.87. The number of aromatic nitrogens is 1. The standard InChI is InChI=1S/C25H35N3O3/c1-3-4-5-6-7-8-9-12-15-27-24(29)19-28-17-20(16-21(18-28)25(26)30)22-13-10-11-14-23(22)31-2/h10-11,13-14,16-18H,3-9,12,15,19H2,1-2H3,(H2-,26,27,29,30)/p+1. The van der Waals surface area contributed by atoms with Crippen molar-refractivity contribution < 1.29 is 18.9 Å². The summed E-state index contributed by atoms with van der Waals surface area (Å²) in [6, 6.07) is 9.26. The molecular formula is C25H36N3O3+. The monoisotopic (exact) mass is 426 g/mol. The van der Waals surface area contributed by atoms with Gasteiger partial charge in [-0.3, -0.25) is 9.59 Å². The Morgan fingerprint density at radius 1 is 1.00 bits per heavy atom. The summed E-state index contributed by atoms with van der Waals surface area (Å²) in [5.41, 5.74) is 7.46. The maximum absolute atomic E-state index is 12.4. The van der Waals surface area contributed by atoms with E-state index in [2.05, 4.69) is 12.2 Å². The van der Waals surface area contributed by atoms with Gasteiger partial charge in [-0.05, 0) is 18.6 Å². The number of nitrogens with zero attached hydrogens (tertiary/aromatic N) is 1. The van der Waals surface area contributed by atoms with Crippen molar-refractivity contribution >= 4 is 11.8 Å². The van der Waals surface area contributed by atoms with Crippen LogP contribution in [0.1, 0.15) is 68.6 Å². The van der Waals surface area contributed by atoms with Gasteiger partial charge in [-0.2, -0.15) is 4.57 Å². The van der Waals surface area contributed by atoms with Crippen LogP contribution in [-0.2, 0) is 11.3 Å². The average molecular weight is 427 g/mol. The summed E-state index contributed by atoms with van der Waals surface area (Å²) in [5, 5.41) is 2.97. The number of nitrogens with two attached hydrogens (primary N) is 1. The topological polar surface area (TPSA) is 85.3 Å². The number of rotatable bonds is 14. The largest absolute Gasteiger partial charge is 0.496 e. The first-order valence-electron chi connectivity index (χ1n) is 11.3. The molecule has 168 valence electrons. The Labute approximate surface area is 185 Å². The lowest BCUT2D eigenvalue weighted by Gasteiger charge is -2.09. The minimum atomic E-state index is -0.537. The SMILES string of the molecule is CCCCCCCCCCNC(=O)C[n+]1cc(C(N)=O)cc(-c2ccccc2OC)c1. The molecule has 0 radical (unpaired) electrons. The fourth-order valence-electron chi connectivity index (χ4n) is 3.60. The van der Waals surface area contributed by atoms with Crippen LogP contribution in [-0.4, -0.2) is 25.5 Å². The normalized spacial score (nSPS) is 10.6. The number of hydrogen-bond donors (Lipinski definition) is 2. The van der Waals surface area contributed by atoms with Crippen LogP contribution in [0, 0.1) is 0 Å². The van der Waals surface area contributed by atoms with Gasteiger partial charge in [0.15, 0.2) is 12.4 Å². The van der Waals surface area contributed by atoms with Crippen molar-refractivity contribution in [2.75, 3.05) is 13.7 Å². The summed E-state index contributed by atoms with van der Waals surface area (Å²) in [7, 11) is 1.60. The van der Waals surface area contributed by atoms with Crippen LogP contribution in [0.4, 0.5) is 0 Å². The molecule has 1 heterocycles. The lowest BCUT2D eigenvalue weighted by Crippen LogP contribution is -2.43. The molecule has 6 heteroatoms. The fraction of sp³-hybridized carbons (Fsp3) is 0.480. The molecule has 2 rings (SSSR count). The highest BCUT2D eigenvalue weighted by Gasteiger charge is 2.17. The molecule has 3 N–H and O–H groups in total. The number of nitrogens with one attached hydrogen (secondary N) is 1. The Morgan fingerprint density at radius 2 is 1.68 bits per heavy atom. The van der Waals surface area contributed by atoms with E-state index >= 15 is 0 Å². The number of benzene rings is 1. The summed E-state index contributed by atoms with van der Waals surface area (Å²) in [6.07, 6.45) is 13.3. The molecule has 1 aromatic heterocycles. The van der Waals surface area contributed by atoms with E-state index in [9.17, 15) is 9.59 Å². The number of carbonyl (C=O) groups excluding carboxylic acids is 2. The predicted molar refractivity (Wildman–Crippen MR) is 123 cm³/mol. The molecule has 1 aromatic carbocycles. The molecule has 0 saturated heterocycles. The van der Waals surface area contributed by atoms with Crippen molar-refractivity contribution in [2.45, 2.75) is 64.8 Å². The van der Waals surface area contributed by atoms with E-state index < -0.39 is 5.91 Å². The molecule has 0 unspecified atom stereocenters. The molecule has 0 aliphatic heterocycles. The van der Waals surface area contributed by atoms with Crippen LogP contribution >= 0.6 is 0 Å². The smallest absolute Gasteiger partial charge is 0.285 e. The van der Waals surface area contributed by atoms with Gasteiger partial charge in [-0.1, -0.05) is 70.1 Å². The zero-order valence-corrected chi connectivity index (χ0v) is 18.9. The molecule has 31 heavy (non-hydrogen) atoms. The van der Waals surface area contributed by atoms with Crippen molar-refractivity contribution in [1.29, 1.82) is 0 Å². The quantitative estimate of drug-likeness (QED) is 0.354. The van der Waals surface area contributed by atoms with E-state index in [1.165, 1.54) is 38.5 Å². The highest BCUT2D eigenvalue weighted by molar-refractivity contribution is 5.93. The average Bonchev–Trinajstić information content (AvgIpc) is 2.77. The van der Waals surface area contributed by atoms with Crippen molar-refractivity contribution in [2.24, 2.45) is 5.73 Å². The summed E-state index contributed by atoms with van der Waals surface area (Å²) >= 11 is 0. The molecule has 0 fully saturated rings. The minimum absolute atomic E-state index is 0.0828. The number of para-hydroxylation sites is 1.